The molecule has 2 aromatic rings. The standard InChI is InChI=1S/C20H18F4O2/c1-19(2)17(12-6-4-3-5-7-12)18(19)16(25)11-13-10-14(8-9-15(13)21)26-20(22,23)24/h3-10,17-18H,11H2,1-2H3/t17-,18-/m0/s1. The molecule has 0 aromatic heterocycles. The average molecular weight is 366 g/mol. The summed E-state index contributed by atoms with van der Waals surface area (Å²) in [7, 11) is 0. The first-order chi connectivity index (χ1) is 12.1. The van der Waals surface area contributed by atoms with Crippen LogP contribution in [0.1, 0.15) is 30.9 Å². The maximum absolute atomic E-state index is 14.0. The van der Waals surface area contributed by atoms with Crippen molar-refractivity contribution in [2.75, 3.05) is 0 Å². The molecular formula is C20H18F4O2. The van der Waals surface area contributed by atoms with Gasteiger partial charge in [-0.25, -0.2) is 4.39 Å². The Balaban J connectivity index is 1.77. The highest BCUT2D eigenvalue weighted by Gasteiger charge is 2.61. The van der Waals surface area contributed by atoms with Crippen LogP contribution in [0.2, 0.25) is 0 Å². The number of ketones is 1. The molecule has 0 spiro atoms. The van der Waals surface area contributed by atoms with Gasteiger partial charge >= 0.3 is 6.36 Å². The van der Waals surface area contributed by atoms with Gasteiger partial charge < -0.3 is 4.74 Å². The van der Waals surface area contributed by atoms with Gasteiger partial charge in [-0.1, -0.05) is 44.2 Å². The van der Waals surface area contributed by atoms with Crippen LogP contribution in [0.3, 0.4) is 0 Å². The number of Topliss-reactive ketones (excluding diaryl/α,β-unsaturated/α-hetero) is 1. The smallest absolute Gasteiger partial charge is 0.406 e. The third-order valence-electron chi connectivity index (χ3n) is 4.95. The van der Waals surface area contributed by atoms with Crippen molar-refractivity contribution >= 4 is 5.78 Å². The number of carbonyl (C=O) groups excluding carboxylic acids is 1. The third kappa shape index (κ3) is 3.74. The molecule has 26 heavy (non-hydrogen) atoms. The lowest BCUT2D eigenvalue weighted by molar-refractivity contribution is -0.274. The lowest BCUT2D eigenvalue weighted by atomic mass is 10.0. The molecule has 2 aromatic carbocycles. The molecule has 0 radical (unpaired) electrons. The fourth-order valence-electron chi connectivity index (χ4n) is 3.70. The molecule has 0 N–H and O–H groups in total. The van der Waals surface area contributed by atoms with Crippen LogP contribution in [0.4, 0.5) is 17.6 Å². The van der Waals surface area contributed by atoms with Crippen molar-refractivity contribution in [3.8, 4) is 5.75 Å². The van der Waals surface area contributed by atoms with E-state index in [4.69, 9.17) is 0 Å². The maximum Gasteiger partial charge on any atom is 0.573 e. The number of hydrogen-bond donors (Lipinski definition) is 0. The first-order valence-corrected chi connectivity index (χ1v) is 8.21. The molecule has 1 saturated carbocycles. The van der Waals surface area contributed by atoms with Gasteiger partial charge in [0.2, 0.25) is 0 Å². The van der Waals surface area contributed by atoms with Crippen molar-refractivity contribution in [2.45, 2.75) is 32.5 Å². The Hall–Kier alpha value is -2.37. The van der Waals surface area contributed by atoms with Crippen LogP contribution < -0.4 is 4.74 Å². The second-order valence-corrected chi connectivity index (χ2v) is 7.13. The Bertz CT molecular complexity index is 812. The number of benzene rings is 2. The molecule has 1 aliphatic carbocycles. The topological polar surface area (TPSA) is 26.3 Å². The molecule has 2 nitrogen and oxygen atoms in total. The first-order valence-electron chi connectivity index (χ1n) is 8.21. The van der Waals surface area contributed by atoms with Gasteiger partial charge in [0.05, 0.1) is 0 Å². The van der Waals surface area contributed by atoms with E-state index >= 15 is 0 Å². The number of halogens is 4. The molecule has 1 fully saturated rings. The summed E-state index contributed by atoms with van der Waals surface area (Å²) >= 11 is 0. The number of carbonyl (C=O) groups is 1. The van der Waals surface area contributed by atoms with Gasteiger partial charge in [-0.3, -0.25) is 4.79 Å². The summed E-state index contributed by atoms with van der Waals surface area (Å²) in [4.78, 5) is 12.7. The summed E-state index contributed by atoms with van der Waals surface area (Å²) in [5.41, 5.74) is 0.673. The Morgan fingerprint density at radius 2 is 1.77 bits per heavy atom. The van der Waals surface area contributed by atoms with E-state index in [0.29, 0.717) is 0 Å². The molecule has 0 saturated heterocycles. The SMILES string of the molecule is CC1(C)[C@@H](C(=O)Cc2cc(OC(F)(F)F)ccc2F)[C@@H]1c1ccccc1. The van der Waals surface area contributed by atoms with Gasteiger partial charge in [0, 0.05) is 12.3 Å². The largest absolute Gasteiger partial charge is 0.573 e. The van der Waals surface area contributed by atoms with Crippen LogP contribution in [0, 0.1) is 17.2 Å². The number of hydrogen-bond acceptors (Lipinski definition) is 2. The lowest BCUT2D eigenvalue weighted by Gasteiger charge is -2.11. The van der Waals surface area contributed by atoms with Crippen LogP contribution in [-0.4, -0.2) is 12.1 Å². The molecule has 0 amide bonds. The van der Waals surface area contributed by atoms with E-state index in [9.17, 15) is 22.4 Å². The van der Waals surface area contributed by atoms with Crippen molar-refractivity contribution in [1.82, 2.24) is 0 Å². The Morgan fingerprint density at radius 3 is 2.38 bits per heavy atom. The second-order valence-electron chi connectivity index (χ2n) is 7.13. The normalized spacial score (nSPS) is 21.3. The monoisotopic (exact) mass is 366 g/mol. The quantitative estimate of drug-likeness (QED) is 0.674. The zero-order valence-electron chi connectivity index (χ0n) is 14.3. The summed E-state index contributed by atoms with van der Waals surface area (Å²) in [6, 6.07) is 12.3. The zero-order chi connectivity index (χ0) is 19.1. The molecule has 138 valence electrons. The van der Waals surface area contributed by atoms with Gasteiger partial charge in [0.1, 0.15) is 17.3 Å². The molecular weight excluding hydrogens is 348 g/mol. The fourth-order valence-corrected chi connectivity index (χ4v) is 3.70. The summed E-state index contributed by atoms with van der Waals surface area (Å²) in [5, 5.41) is 0. The minimum Gasteiger partial charge on any atom is -0.406 e. The van der Waals surface area contributed by atoms with Gasteiger partial charge in [0.25, 0.3) is 0 Å². The summed E-state index contributed by atoms with van der Waals surface area (Å²) in [6.45, 7) is 3.93. The summed E-state index contributed by atoms with van der Waals surface area (Å²) in [6.07, 6.45) is -5.13. The van der Waals surface area contributed by atoms with E-state index in [2.05, 4.69) is 4.74 Å². The number of rotatable bonds is 5. The highest BCUT2D eigenvalue weighted by atomic mass is 19.4. The Labute approximate surface area is 148 Å². The van der Waals surface area contributed by atoms with Crippen molar-refractivity contribution in [3.63, 3.8) is 0 Å². The van der Waals surface area contributed by atoms with Crippen molar-refractivity contribution in [1.29, 1.82) is 0 Å². The van der Waals surface area contributed by atoms with Crippen LogP contribution in [0.25, 0.3) is 0 Å². The summed E-state index contributed by atoms with van der Waals surface area (Å²) in [5.74, 6) is -1.71. The van der Waals surface area contributed by atoms with Crippen molar-refractivity contribution < 1.29 is 27.1 Å². The van der Waals surface area contributed by atoms with Crippen molar-refractivity contribution in [2.24, 2.45) is 11.3 Å². The molecule has 0 aliphatic heterocycles. The molecule has 2 atom stereocenters. The highest BCUT2D eigenvalue weighted by molar-refractivity contribution is 5.88. The van der Waals surface area contributed by atoms with Crippen LogP contribution in [0.15, 0.2) is 48.5 Å². The maximum atomic E-state index is 14.0. The number of alkyl halides is 3. The average Bonchev–Trinajstić information content (AvgIpc) is 3.12. The van der Waals surface area contributed by atoms with E-state index in [1.165, 1.54) is 0 Å². The van der Waals surface area contributed by atoms with Gasteiger partial charge in [-0.05, 0) is 40.7 Å². The van der Waals surface area contributed by atoms with Crippen molar-refractivity contribution in [3.05, 3.63) is 65.5 Å². The molecule has 3 rings (SSSR count). The van der Waals surface area contributed by atoms with Crippen LogP contribution in [-0.2, 0) is 11.2 Å². The first kappa shape index (κ1) is 18.4. The molecule has 6 heteroatoms. The van der Waals surface area contributed by atoms with Crippen LogP contribution in [0.5, 0.6) is 5.75 Å². The predicted octanol–water partition coefficient (Wildman–Crippen LogP) is 5.28. The Kier molecular flexibility index (Phi) is 4.54. The fraction of sp³-hybridized carbons (Fsp3) is 0.350. The highest BCUT2D eigenvalue weighted by Crippen LogP contribution is 2.64. The lowest BCUT2D eigenvalue weighted by Crippen LogP contribution is -2.17. The predicted molar refractivity (Wildman–Crippen MR) is 88.2 cm³/mol. The van der Waals surface area contributed by atoms with Gasteiger partial charge in [0.15, 0.2) is 0 Å². The molecule has 1 aliphatic rings. The molecule has 0 unspecified atom stereocenters. The summed E-state index contributed by atoms with van der Waals surface area (Å²) < 4.78 is 54.8. The molecule has 0 bridgehead atoms. The van der Waals surface area contributed by atoms with Gasteiger partial charge in [-0.15, -0.1) is 13.2 Å². The zero-order valence-corrected chi connectivity index (χ0v) is 14.3. The van der Waals surface area contributed by atoms with E-state index in [0.717, 1.165) is 23.8 Å². The van der Waals surface area contributed by atoms with E-state index in [1.807, 2.05) is 44.2 Å². The molecule has 0 heterocycles. The van der Waals surface area contributed by atoms with E-state index < -0.39 is 17.9 Å². The minimum atomic E-state index is -4.87. The van der Waals surface area contributed by atoms with Crippen LogP contribution >= 0.6 is 0 Å². The number of ether oxygens (including phenoxy) is 1. The Morgan fingerprint density at radius 1 is 1.12 bits per heavy atom. The van der Waals surface area contributed by atoms with Gasteiger partial charge in [-0.2, -0.15) is 0 Å². The van der Waals surface area contributed by atoms with E-state index in [-0.39, 0.29) is 35.0 Å². The third-order valence-corrected chi connectivity index (χ3v) is 4.95. The second kappa shape index (κ2) is 6.41. The van der Waals surface area contributed by atoms with E-state index in [1.54, 1.807) is 0 Å². The minimum absolute atomic E-state index is 0.0221.